The molecule has 26 heavy (non-hydrogen) atoms. The van der Waals surface area contributed by atoms with Gasteiger partial charge < -0.3 is 20.4 Å². The molecule has 142 valence electrons. The fourth-order valence-electron chi connectivity index (χ4n) is 3.36. The van der Waals surface area contributed by atoms with E-state index in [0.717, 1.165) is 6.54 Å². The summed E-state index contributed by atoms with van der Waals surface area (Å²) in [5.41, 5.74) is 1.31. The summed E-state index contributed by atoms with van der Waals surface area (Å²) in [7, 11) is 0. The SMILES string of the molecule is CC1NCCN(C(=O)CCC(=O)N2CC(=O)Nc3ccccc32)C1C.Cl. The number of fused-ring (bicyclic) bond motifs is 1. The smallest absolute Gasteiger partial charge is 0.244 e. The molecule has 2 unspecified atom stereocenters. The highest BCUT2D eigenvalue weighted by molar-refractivity contribution is 6.10. The summed E-state index contributed by atoms with van der Waals surface area (Å²) in [5.74, 6) is -0.432. The van der Waals surface area contributed by atoms with E-state index in [1.807, 2.05) is 24.0 Å². The van der Waals surface area contributed by atoms with Gasteiger partial charge in [0.2, 0.25) is 17.7 Å². The fourth-order valence-corrected chi connectivity index (χ4v) is 3.36. The van der Waals surface area contributed by atoms with Crippen LogP contribution in [0.1, 0.15) is 26.7 Å². The van der Waals surface area contributed by atoms with Crippen molar-refractivity contribution in [2.24, 2.45) is 0 Å². The highest BCUT2D eigenvalue weighted by Gasteiger charge is 2.30. The zero-order valence-corrected chi connectivity index (χ0v) is 15.8. The van der Waals surface area contributed by atoms with E-state index < -0.39 is 0 Å². The van der Waals surface area contributed by atoms with E-state index in [1.165, 1.54) is 4.90 Å². The number of amides is 3. The number of rotatable bonds is 3. The molecule has 0 spiro atoms. The van der Waals surface area contributed by atoms with E-state index >= 15 is 0 Å². The highest BCUT2D eigenvalue weighted by Crippen LogP contribution is 2.29. The Kier molecular flexibility index (Phi) is 6.61. The Bertz CT molecular complexity index is 697. The van der Waals surface area contributed by atoms with Crippen LogP contribution in [0, 0.1) is 0 Å². The molecule has 2 heterocycles. The predicted molar refractivity (Wildman–Crippen MR) is 103 cm³/mol. The maximum atomic E-state index is 12.6. The minimum atomic E-state index is -0.220. The lowest BCUT2D eigenvalue weighted by Gasteiger charge is -2.38. The number of carbonyl (C=O) groups is 3. The quantitative estimate of drug-likeness (QED) is 0.830. The Labute approximate surface area is 159 Å². The van der Waals surface area contributed by atoms with Crippen molar-refractivity contribution >= 4 is 41.5 Å². The molecule has 2 aliphatic heterocycles. The molecule has 3 rings (SSSR count). The number of piperazine rings is 1. The van der Waals surface area contributed by atoms with Crippen LogP contribution in [-0.4, -0.2) is 54.3 Å². The number of hydrogen-bond acceptors (Lipinski definition) is 4. The molecule has 2 N–H and O–H groups in total. The van der Waals surface area contributed by atoms with E-state index in [-0.39, 0.29) is 61.6 Å². The highest BCUT2D eigenvalue weighted by atomic mass is 35.5. The van der Waals surface area contributed by atoms with Gasteiger partial charge in [0.1, 0.15) is 6.54 Å². The monoisotopic (exact) mass is 380 g/mol. The largest absolute Gasteiger partial charge is 0.337 e. The number of benzene rings is 1. The number of carbonyl (C=O) groups excluding carboxylic acids is 3. The Balaban J connectivity index is 0.00000243. The van der Waals surface area contributed by atoms with E-state index in [9.17, 15) is 14.4 Å². The van der Waals surface area contributed by atoms with Crippen LogP contribution in [0.25, 0.3) is 0 Å². The fraction of sp³-hybridized carbons (Fsp3) is 0.500. The Morgan fingerprint density at radius 2 is 1.85 bits per heavy atom. The van der Waals surface area contributed by atoms with Gasteiger partial charge in [-0.25, -0.2) is 0 Å². The molecule has 0 radical (unpaired) electrons. The summed E-state index contributed by atoms with van der Waals surface area (Å²) in [4.78, 5) is 40.2. The van der Waals surface area contributed by atoms with Gasteiger partial charge in [-0.05, 0) is 26.0 Å². The Morgan fingerprint density at radius 3 is 2.62 bits per heavy atom. The van der Waals surface area contributed by atoms with Crippen LogP contribution in [0.3, 0.4) is 0 Å². The summed E-state index contributed by atoms with van der Waals surface area (Å²) < 4.78 is 0. The normalized spacial score (nSPS) is 22.2. The number of para-hydroxylation sites is 2. The molecular formula is C18H25ClN4O3. The van der Waals surface area contributed by atoms with Gasteiger partial charge in [-0.2, -0.15) is 0 Å². The molecule has 1 fully saturated rings. The van der Waals surface area contributed by atoms with Crippen LogP contribution in [-0.2, 0) is 14.4 Å². The first kappa shape index (κ1) is 20.2. The Hall–Kier alpha value is -2.12. The van der Waals surface area contributed by atoms with Gasteiger partial charge in [0, 0.05) is 38.0 Å². The second kappa shape index (κ2) is 8.51. The average molecular weight is 381 g/mol. The third-order valence-corrected chi connectivity index (χ3v) is 4.98. The van der Waals surface area contributed by atoms with Crippen LogP contribution in [0.4, 0.5) is 11.4 Å². The van der Waals surface area contributed by atoms with Crippen molar-refractivity contribution in [2.45, 2.75) is 38.8 Å². The zero-order chi connectivity index (χ0) is 18.0. The molecule has 1 aromatic carbocycles. The topological polar surface area (TPSA) is 81.8 Å². The lowest BCUT2D eigenvalue weighted by molar-refractivity contribution is -0.136. The van der Waals surface area contributed by atoms with Gasteiger partial charge in [0.05, 0.1) is 11.4 Å². The second-order valence-electron chi connectivity index (χ2n) is 6.62. The number of nitrogens with one attached hydrogen (secondary N) is 2. The van der Waals surface area contributed by atoms with Crippen molar-refractivity contribution < 1.29 is 14.4 Å². The van der Waals surface area contributed by atoms with Crippen LogP contribution in [0.5, 0.6) is 0 Å². The van der Waals surface area contributed by atoms with Crippen molar-refractivity contribution in [3.63, 3.8) is 0 Å². The zero-order valence-electron chi connectivity index (χ0n) is 15.0. The molecule has 2 aliphatic rings. The van der Waals surface area contributed by atoms with Gasteiger partial charge in [-0.1, -0.05) is 12.1 Å². The number of hydrogen-bond donors (Lipinski definition) is 2. The summed E-state index contributed by atoms with van der Waals surface area (Å²) >= 11 is 0. The number of halogens is 1. The minimum absolute atomic E-state index is 0. The van der Waals surface area contributed by atoms with Crippen LogP contribution >= 0.6 is 12.4 Å². The molecule has 2 atom stereocenters. The molecule has 0 aliphatic carbocycles. The number of anilines is 2. The second-order valence-corrected chi connectivity index (χ2v) is 6.62. The number of nitrogens with zero attached hydrogens (tertiary/aromatic N) is 2. The van der Waals surface area contributed by atoms with E-state index in [2.05, 4.69) is 17.6 Å². The average Bonchev–Trinajstić information content (AvgIpc) is 2.61. The van der Waals surface area contributed by atoms with Crippen molar-refractivity contribution in [2.75, 3.05) is 29.9 Å². The lowest BCUT2D eigenvalue weighted by Crippen LogP contribution is -2.57. The maximum absolute atomic E-state index is 12.6. The standard InChI is InChI=1S/C18H24N4O3.ClH/c1-12-13(2)21(10-9-19-12)17(24)7-8-18(25)22-11-16(23)20-14-5-3-4-6-15(14)22;/h3-6,12-13,19H,7-11H2,1-2H3,(H,20,23);1H. The van der Waals surface area contributed by atoms with E-state index in [0.29, 0.717) is 17.9 Å². The molecular weight excluding hydrogens is 356 g/mol. The molecule has 8 heteroatoms. The molecule has 0 aromatic heterocycles. The molecule has 0 bridgehead atoms. The maximum Gasteiger partial charge on any atom is 0.244 e. The summed E-state index contributed by atoms with van der Waals surface area (Å²) in [5, 5.41) is 6.09. The van der Waals surface area contributed by atoms with Crippen molar-refractivity contribution in [1.29, 1.82) is 0 Å². The predicted octanol–water partition coefficient (Wildman–Crippen LogP) is 1.38. The summed E-state index contributed by atoms with van der Waals surface area (Å²) in [6.45, 7) is 5.49. The van der Waals surface area contributed by atoms with Gasteiger partial charge in [-0.3, -0.25) is 14.4 Å². The van der Waals surface area contributed by atoms with E-state index in [1.54, 1.807) is 12.1 Å². The van der Waals surface area contributed by atoms with Crippen molar-refractivity contribution in [3.05, 3.63) is 24.3 Å². The van der Waals surface area contributed by atoms with Crippen molar-refractivity contribution in [1.82, 2.24) is 10.2 Å². The molecule has 1 saturated heterocycles. The molecule has 1 aromatic rings. The summed E-state index contributed by atoms with van der Waals surface area (Å²) in [6, 6.07) is 7.55. The first-order valence-electron chi connectivity index (χ1n) is 8.69. The van der Waals surface area contributed by atoms with Gasteiger partial charge >= 0.3 is 0 Å². The molecule has 0 saturated carbocycles. The lowest BCUT2D eigenvalue weighted by atomic mass is 10.1. The summed E-state index contributed by atoms with van der Waals surface area (Å²) in [6.07, 6.45) is 0.266. The first-order valence-corrected chi connectivity index (χ1v) is 8.69. The van der Waals surface area contributed by atoms with Crippen LogP contribution < -0.4 is 15.5 Å². The third-order valence-electron chi connectivity index (χ3n) is 4.98. The van der Waals surface area contributed by atoms with Gasteiger partial charge in [0.15, 0.2) is 0 Å². The van der Waals surface area contributed by atoms with Crippen molar-refractivity contribution in [3.8, 4) is 0 Å². The van der Waals surface area contributed by atoms with Gasteiger partial charge in [-0.15, -0.1) is 12.4 Å². The van der Waals surface area contributed by atoms with Crippen LogP contribution in [0.2, 0.25) is 0 Å². The Morgan fingerprint density at radius 1 is 1.15 bits per heavy atom. The van der Waals surface area contributed by atoms with Crippen LogP contribution in [0.15, 0.2) is 24.3 Å². The third kappa shape index (κ3) is 4.16. The minimum Gasteiger partial charge on any atom is -0.337 e. The van der Waals surface area contributed by atoms with E-state index in [4.69, 9.17) is 0 Å². The first-order chi connectivity index (χ1) is 12.0. The molecule has 3 amide bonds. The van der Waals surface area contributed by atoms with Gasteiger partial charge in [0.25, 0.3) is 0 Å². The molecule has 7 nitrogen and oxygen atoms in total.